The summed E-state index contributed by atoms with van der Waals surface area (Å²) < 4.78 is 0. The van der Waals surface area contributed by atoms with Crippen LogP contribution in [0.25, 0.3) is 10.8 Å². The van der Waals surface area contributed by atoms with Gasteiger partial charge >= 0.3 is 0 Å². The molecule has 0 bridgehead atoms. The molecule has 0 spiro atoms. The first-order chi connectivity index (χ1) is 9.83. The summed E-state index contributed by atoms with van der Waals surface area (Å²) in [7, 11) is 0. The number of rotatable bonds is 1. The van der Waals surface area contributed by atoms with Gasteiger partial charge in [-0.25, -0.2) is 0 Å². The molecule has 0 aromatic heterocycles. The summed E-state index contributed by atoms with van der Waals surface area (Å²) in [5, 5.41) is 2.68. The molecule has 1 aliphatic rings. The van der Waals surface area contributed by atoms with Crippen LogP contribution in [0.2, 0.25) is 0 Å². The zero-order valence-electron chi connectivity index (χ0n) is 11.7. The lowest BCUT2D eigenvalue weighted by molar-refractivity contribution is 0.687. The summed E-state index contributed by atoms with van der Waals surface area (Å²) in [6, 6.07) is 24.5. The first-order valence-corrected chi connectivity index (χ1v) is 7.40. The third kappa shape index (κ3) is 1.76. The standard InChI is InChI=1S/C20H18/c1-14-12-20(19-9-5-4-8-18(14)19)17-11-10-15-6-2-3-7-16(15)13-17/h2-11,13-14,20H,12H2,1H3. The summed E-state index contributed by atoms with van der Waals surface area (Å²) in [5.41, 5.74) is 4.52. The molecule has 3 aromatic carbocycles. The van der Waals surface area contributed by atoms with Crippen LogP contribution >= 0.6 is 0 Å². The predicted octanol–water partition coefficient (Wildman–Crippen LogP) is 5.48. The van der Waals surface area contributed by atoms with Gasteiger partial charge in [0.25, 0.3) is 0 Å². The fraction of sp³-hybridized carbons (Fsp3) is 0.200. The minimum Gasteiger partial charge on any atom is -0.0620 e. The fourth-order valence-corrected chi connectivity index (χ4v) is 3.62. The van der Waals surface area contributed by atoms with Crippen LogP contribution < -0.4 is 0 Å². The highest BCUT2D eigenvalue weighted by atomic mass is 14.3. The zero-order chi connectivity index (χ0) is 13.5. The van der Waals surface area contributed by atoms with Crippen molar-refractivity contribution in [2.24, 2.45) is 0 Å². The van der Waals surface area contributed by atoms with Gasteiger partial charge in [0.05, 0.1) is 0 Å². The maximum Gasteiger partial charge on any atom is 0.00981 e. The highest BCUT2D eigenvalue weighted by Gasteiger charge is 2.28. The lowest BCUT2D eigenvalue weighted by Gasteiger charge is -2.13. The van der Waals surface area contributed by atoms with Crippen LogP contribution in [0, 0.1) is 0 Å². The third-order valence-corrected chi connectivity index (χ3v) is 4.67. The number of benzene rings is 3. The van der Waals surface area contributed by atoms with E-state index in [1.165, 1.54) is 33.9 Å². The molecule has 0 aliphatic heterocycles. The maximum absolute atomic E-state index is 2.37. The molecule has 3 aromatic rings. The quantitative estimate of drug-likeness (QED) is 0.542. The van der Waals surface area contributed by atoms with Crippen molar-refractivity contribution >= 4 is 10.8 Å². The molecule has 2 atom stereocenters. The van der Waals surface area contributed by atoms with Gasteiger partial charge in [-0.05, 0) is 39.8 Å². The molecule has 0 amide bonds. The van der Waals surface area contributed by atoms with Crippen molar-refractivity contribution in [1.82, 2.24) is 0 Å². The van der Waals surface area contributed by atoms with E-state index in [9.17, 15) is 0 Å². The largest absolute Gasteiger partial charge is 0.0620 e. The molecule has 0 radical (unpaired) electrons. The summed E-state index contributed by atoms with van der Waals surface area (Å²) in [6.45, 7) is 2.35. The maximum atomic E-state index is 2.37. The third-order valence-electron chi connectivity index (χ3n) is 4.67. The van der Waals surface area contributed by atoms with Crippen LogP contribution in [0.3, 0.4) is 0 Å². The lowest BCUT2D eigenvalue weighted by Crippen LogP contribution is -1.96. The van der Waals surface area contributed by atoms with E-state index in [-0.39, 0.29) is 0 Å². The Kier molecular flexibility index (Phi) is 2.63. The van der Waals surface area contributed by atoms with Gasteiger partial charge in [-0.15, -0.1) is 0 Å². The molecule has 0 heterocycles. The Bertz CT molecular complexity index is 770. The molecule has 0 saturated heterocycles. The topological polar surface area (TPSA) is 0 Å². The molecule has 20 heavy (non-hydrogen) atoms. The second-order valence-electron chi connectivity index (χ2n) is 5.92. The Hall–Kier alpha value is -2.08. The highest BCUT2D eigenvalue weighted by molar-refractivity contribution is 5.83. The van der Waals surface area contributed by atoms with E-state index in [1.807, 2.05) is 0 Å². The average molecular weight is 258 g/mol. The van der Waals surface area contributed by atoms with Gasteiger partial charge in [0.2, 0.25) is 0 Å². The molecule has 0 nitrogen and oxygen atoms in total. The van der Waals surface area contributed by atoms with Crippen molar-refractivity contribution in [3.05, 3.63) is 83.4 Å². The van der Waals surface area contributed by atoms with E-state index in [0.717, 1.165) is 0 Å². The summed E-state index contributed by atoms with van der Waals surface area (Å²) >= 11 is 0. The van der Waals surface area contributed by atoms with Crippen molar-refractivity contribution in [3.63, 3.8) is 0 Å². The van der Waals surface area contributed by atoms with Gasteiger partial charge in [-0.1, -0.05) is 73.7 Å². The number of fused-ring (bicyclic) bond motifs is 2. The Morgan fingerprint density at radius 3 is 2.30 bits per heavy atom. The lowest BCUT2D eigenvalue weighted by atomic mass is 9.91. The summed E-state index contributed by atoms with van der Waals surface area (Å²) in [4.78, 5) is 0. The van der Waals surface area contributed by atoms with Gasteiger partial charge in [0.15, 0.2) is 0 Å². The number of hydrogen-bond acceptors (Lipinski definition) is 0. The number of hydrogen-bond donors (Lipinski definition) is 0. The second-order valence-corrected chi connectivity index (χ2v) is 5.92. The Morgan fingerprint density at radius 2 is 1.45 bits per heavy atom. The minimum atomic E-state index is 0.561. The Labute approximate surface area is 120 Å². The normalized spacial score (nSPS) is 21.1. The Morgan fingerprint density at radius 1 is 0.750 bits per heavy atom. The van der Waals surface area contributed by atoms with Crippen molar-refractivity contribution in [3.8, 4) is 0 Å². The van der Waals surface area contributed by atoms with E-state index in [0.29, 0.717) is 11.8 Å². The molecule has 0 heteroatoms. The van der Waals surface area contributed by atoms with Gasteiger partial charge in [-0.3, -0.25) is 0 Å². The SMILES string of the molecule is CC1CC(c2ccc3ccccc3c2)c2ccccc21. The van der Waals surface area contributed by atoms with Crippen molar-refractivity contribution in [2.75, 3.05) is 0 Å². The van der Waals surface area contributed by atoms with Gasteiger partial charge in [0, 0.05) is 5.92 Å². The average Bonchev–Trinajstić information content (AvgIpc) is 2.85. The first-order valence-electron chi connectivity index (χ1n) is 7.40. The minimum absolute atomic E-state index is 0.561. The molecule has 4 rings (SSSR count). The summed E-state index contributed by atoms with van der Waals surface area (Å²) in [6.07, 6.45) is 1.23. The monoisotopic (exact) mass is 258 g/mol. The van der Waals surface area contributed by atoms with Crippen molar-refractivity contribution in [1.29, 1.82) is 0 Å². The predicted molar refractivity (Wildman–Crippen MR) is 85.3 cm³/mol. The van der Waals surface area contributed by atoms with Gasteiger partial charge in [-0.2, -0.15) is 0 Å². The van der Waals surface area contributed by atoms with Crippen LogP contribution in [0.15, 0.2) is 66.7 Å². The van der Waals surface area contributed by atoms with Crippen LogP contribution in [0.5, 0.6) is 0 Å². The molecule has 0 fully saturated rings. The molecule has 0 N–H and O–H groups in total. The first kappa shape index (κ1) is 11.7. The molecular formula is C20H18. The fourth-order valence-electron chi connectivity index (χ4n) is 3.62. The van der Waals surface area contributed by atoms with E-state index in [2.05, 4.69) is 73.7 Å². The van der Waals surface area contributed by atoms with Crippen LogP contribution in [-0.2, 0) is 0 Å². The second kappa shape index (κ2) is 4.49. The van der Waals surface area contributed by atoms with Crippen LogP contribution in [0.4, 0.5) is 0 Å². The van der Waals surface area contributed by atoms with Gasteiger partial charge < -0.3 is 0 Å². The molecule has 98 valence electrons. The molecular weight excluding hydrogens is 240 g/mol. The van der Waals surface area contributed by atoms with Crippen molar-refractivity contribution in [2.45, 2.75) is 25.2 Å². The molecule has 0 saturated carbocycles. The highest BCUT2D eigenvalue weighted by Crippen LogP contribution is 2.45. The smallest absolute Gasteiger partial charge is 0.00981 e. The summed E-state index contributed by atoms with van der Waals surface area (Å²) in [5.74, 6) is 1.23. The molecule has 1 aliphatic carbocycles. The van der Waals surface area contributed by atoms with E-state index >= 15 is 0 Å². The van der Waals surface area contributed by atoms with Crippen molar-refractivity contribution < 1.29 is 0 Å². The zero-order valence-corrected chi connectivity index (χ0v) is 11.7. The van der Waals surface area contributed by atoms with Gasteiger partial charge in [0.1, 0.15) is 0 Å². The van der Waals surface area contributed by atoms with Crippen LogP contribution in [0.1, 0.15) is 41.9 Å². The van der Waals surface area contributed by atoms with E-state index < -0.39 is 0 Å². The van der Waals surface area contributed by atoms with Crippen LogP contribution in [-0.4, -0.2) is 0 Å². The van der Waals surface area contributed by atoms with E-state index in [1.54, 1.807) is 0 Å². The van der Waals surface area contributed by atoms with E-state index in [4.69, 9.17) is 0 Å². The Balaban J connectivity index is 1.84. The molecule has 2 unspecified atom stereocenters.